The van der Waals surface area contributed by atoms with Crippen molar-refractivity contribution in [2.75, 3.05) is 20.2 Å². The van der Waals surface area contributed by atoms with Crippen LogP contribution in [-0.2, 0) is 16.1 Å². The van der Waals surface area contributed by atoms with Crippen molar-refractivity contribution >= 4 is 16.7 Å². The molecule has 2 aromatic carbocycles. The van der Waals surface area contributed by atoms with Crippen molar-refractivity contribution in [3.05, 3.63) is 42.0 Å². The van der Waals surface area contributed by atoms with Gasteiger partial charge in [-0.1, -0.05) is 18.2 Å². The molecule has 4 rings (SSSR count). The standard InChI is InChI=1S/C25H30F3NO3/c1-31-24(30)18-10-12-29(13-11-18)16-17-2-3-20-15-23(7-4-19(20)14-17)32-22-8-5-21(6-9-22)25(26,27)28/h2-4,7,14-15,18,21-22H,5-6,8-13,16H2,1H3. The Bertz CT molecular complexity index is 930. The molecule has 0 spiro atoms. The third kappa shape index (κ3) is 5.55. The number of likely N-dealkylation sites (tertiary alicyclic amines) is 1. The lowest BCUT2D eigenvalue weighted by Gasteiger charge is -2.30. The van der Waals surface area contributed by atoms with Crippen molar-refractivity contribution in [3.63, 3.8) is 0 Å². The van der Waals surface area contributed by atoms with E-state index in [9.17, 15) is 18.0 Å². The molecule has 7 heteroatoms. The van der Waals surface area contributed by atoms with Gasteiger partial charge in [0.25, 0.3) is 0 Å². The summed E-state index contributed by atoms with van der Waals surface area (Å²) in [6.07, 6.45) is -1.44. The van der Waals surface area contributed by atoms with E-state index in [2.05, 4.69) is 23.1 Å². The Kier molecular flexibility index (Phi) is 6.93. The summed E-state index contributed by atoms with van der Waals surface area (Å²) in [6, 6.07) is 12.2. The van der Waals surface area contributed by atoms with Crippen molar-refractivity contribution < 1.29 is 27.4 Å². The SMILES string of the molecule is COC(=O)C1CCN(Cc2ccc3cc(OC4CCC(C(F)(F)F)CC4)ccc3c2)CC1. The number of alkyl halides is 3. The largest absolute Gasteiger partial charge is 0.490 e. The zero-order valence-corrected chi connectivity index (χ0v) is 18.4. The topological polar surface area (TPSA) is 38.8 Å². The zero-order chi connectivity index (χ0) is 22.7. The van der Waals surface area contributed by atoms with Crippen LogP contribution in [0.1, 0.15) is 44.1 Å². The van der Waals surface area contributed by atoms with Crippen LogP contribution >= 0.6 is 0 Å². The number of hydrogen-bond acceptors (Lipinski definition) is 4. The van der Waals surface area contributed by atoms with Gasteiger partial charge in [-0.3, -0.25) is 9.69 Å². The Morgan fingerprint density at radius 2 is 1.62 bits per heavy atom. The number of benzene rings is 2. The van der Waals surface area contributed by atoms with Gasteiger partial charge in [-0.2, -0.15) is 13.2 Å². The fourth-order valence-electron chi connectivity index (χ4n) is 4.90. The molecule has 0 radical (unpaired) electrons. The van der Waals surface area contributed by atoms with Crippen LogP contribution in [0.15, 0.2) is 36.4 Å². The predicted molar refractivity (Wildman–Crippen MR) is 116 cm³/mol. The van der Waals surface area contributed by atoms with Crippen LogP contribution in [0.3, 0.4) is 0 Å². The molecule has 1 saturated carbocycles. The highest BCUT2D eigenvalue weighted by Crippen LogP contribution is 2.38. The van der Waals surface area contributed by atoms with E-state index in [0.29, 0.717) is 18.6 Å². The molecule has 0 unspecified atom stereocenters. The minimum absolute atomic E-state index is 0.00906. The van der Waals surface area contributed by atoms with Gasteiger partial charge in [0, 0.05) is 6.54 Å². The summed E-state index contributed by atoms with van der Waals surface area (Å²) in [5, 5.41) is 2.17. The van der Waals surface area contributed by atoms with Crippen molar-refractivity contribution in [1.29, 1.82) is 0 Å². The van der Waals surface area contributed by atoms with Gasteiger partial charge in [-0.25, -0.2) is 0 Å². The molecule has 0 bridgehead atoms. The lowest BCUT2D eigenvalue weighted by atomic mass is 9.87. The van der Waals surface area contributed by atoms with Crippen LogP contribution in [0.4, 0.5) is 13.2 Å². The van der Waals surface area contributed by atoms with Crippen LogP contribution in [0.2, 0.25) is 0 Å². The summed E-state index contributed by atoms with van der Waals surface area (Å²) in [6.45, 7) is 2.59. The average molecular weight is 450 g/mol. The van der Waals surface area contributed by atoms with Crippen LogP contribution < -0.4 is 4.74 Å². The molecular weight excluding hydrogens is 419 g/mol. The second-order valence-electron chi connectivity index (χ2n) is 9.05. The second kappa shape index (κ2) is 9.69. The molecule has 2 aromatic rings. The maximum Gasteiger partial charge on any atom is 0.391 e. The van der Waals surface area contributed by atoms with Gasteiger partial charge in [0.2, 0.25) is 0 Å². The normalized spacial score (nSPS) is 23.2. The predicted octanol–water partition coefficient (Wildman–Crippen LogP) is 5.72. The molecule has 1 saturated heterocycles. The van der Waals surface area contributed by atoms with E-state index in [1.807, 2.05) is 18.2 Å². The van der Waals surface area contributed by atoms with Gasteiger partial charge in [-0.05, 0) is 86.1 Å². The number of hydrogen-bond donors (Lipinski definition) is 0. The summed E-state index contributed by atoms with van der Waals surface area (Å²) >= 11 is 0. The molecule has 0 aromatic heterocycles. The maximum absolute atomic E-state index is 12.9. The summed E-state index contributed by atoms with van der Waals surface area (Å²) in [5.74, 6) is -0.578. The number of esters is 1. The van der Waals surface area contributed by atoms with Gasteiger partial charge in [0.05, 0.1) is 25.0 Å². The highest BCUT2D eigenvalue weighted by molar-refractivity contribution is 5.84. The monoisotopic (exact) mass is 449 g/mol. The molecule has 0 amide bonds. The second-order valence-corrected chi connectivity index (χ2v) is 9.05. The summed E-state index contributed by atoms with van der Waals surface area (Å²) in [5.41, 5.74) is 1.22. The number of ether oxygens (including phenoxy) is 2. The average Bonchev–Trinajstić information content (AvgIpc) is 2.79. The molecule has 2 aliphatic rings. The Morgan fingerprint density at radius 3 is 2.28 bits per heavy atom. The zero-order valence-electron chi connectivity index (χ0n) is 18.4. The highest BCUT2D eigenvalue weighted by Gasteiger charge is 2.41. The third-order valence-corrected chi connectivity index (χ3v) is 6.84. The first kappa shape index (κ1) is 22.9. The van der Waals surface area contributed by atoms with Crippen LogP contribution in [-0.4, -0.2) is 43.3 Å². The number of piperidine rings is 1. The molecule has 174 valence electrons. The first-order valence-corrected chi connectivity index (χ1v) is 11.4. The van der Waals surface area contributed by atoms with E-state index in [4.69, 9.17) is 9.47 Å². The van der Waals surface area contributed by atoms with E-state index in [0.717, 1.165) is 43.2 Å². The molecule has 0 atom stereocenters. The number of nitrogens with zero attached hydrogens (tertiary/aromatic N) is 1. The van der Waals surface area contributed by atoms with E-state index < -0.39 is 12.1 Å². The molecule has 4 nitrogen and oxygen atoms in total. The number of methoxy groups -OCH3 is 1. The van der Waals surface area contributed by atoms with E-state index >= 15 is 0 Å². The number of rotatable bonds is 5. The van der Waals surface area contributed by atoms with Crippen LogP contribution in [0.5, 0.6) is 5.75 Å². The third-order valence-electron chi connectivity index (χ3n) is 6.84. The van der Waals surface area contributed by atoms with E-state index in [-0.39, 0.29) is 30.8 Å². The molecule has 32 heavy (non-hydrogen) atoms. The van der Waals surface area contributed by atoms with Crippen LogP contribution in [0, 0.1) is 11.8 Å². The quantitative estimate of drug-likeness (QED) is 0.547. The van der Waals surface area contributed by atoms with Crippen LogP contribution in [0.25, 0.3) is 10.8 Å². The minimum Gasteiger partial charge on any atom is -0.490 e. The molecule has 1 heterocycles. The molecule has 1 aliphatic heterocycles. The number of halogens is 3. The first-order valence-electron chi connectivity index (χ1n) is 11.4. The number of carbonyl (C=O) groups excluding carboxylic acids is 1. The van der Waals surface area contributed by atoms with Crippen molar-refractivity contribution in [2.45, 2.75) is 57.3 Å². The van der Waals surface area contributed by atoms with Crippen molar-refractivity contribution in [2.24, 2.45) is 11.8 Å². The molecule has 0 N–H and O–H groups in total. The van der Waals surface area contributed by atoms with E-state index in [1.54, 1.807) is 0 Å². The Labute approximate surface area is 186 Å². The summed E-state index contributed by atoms with van der Waals surface area (Å²) in [7, 11) is 1.44. The van der Waals surface area contributed by atoms with Gasteiger partial charge in [0.15, 0.2) is 0 Å². The number of fused-ring (bicyclic) bond motifs is 1. The van der Waals surface area contributed by atoms with Crippen molar-refractivity contribution in [3.8, 4) is 5.75 Å². The highest BCUT2D eigenvalue weighted by atomic mass is 19.4. The number of carbonyl (C=O) groups is 1. The first-order chi connectivity index (χ1) is 15.3. The van der Waals surface area contributed by atoms with Gasteiger partial charge in [0.1, 0.15) is 5.75 Å². The maximum atomic E-state index is 12.9. The summed E-state index contributed by atoms with van der Waals surface area (Å²) < 4.78 is 49.4. The lowest BCUT2D eigenvalue weighted by Crippen LogP contribution is -2.36. The van der Waals surface area contributed by atoms with Crippen molar-refractivity contribution in [1.82, 2.24) is 4.90 Å². The molecule has 1 aliphatic carbocycles. The fraction of sp³-hybridized carbons (Fsp3) is 0.560. The minimum atomic E-state index is -4.09. The van der Waals surface area contributed by atoms with Gasteiger partial charge >= 0.3 is 12.1 Å². The lowest BCUT2D eigenvalue weighted by molar-refractivity contribution is -0.185. The van der Waals surface area contributed by atoms with Gasteiger partial charge in [-0.15, -0.1) is 0 Å². The Hall–Kier alpha value is -2.28. The van der Waals surface area contributed by atoms with Gasteiger partial charge < -0.3 is 9.47 Å². The van der Waals surface area contributed by atoms with E-state index in [1.165, 1.54) is 12.7 Å². The molecular formula is C25H30F3NO3. The molecule has 2 fully saturated rings. The Balaban J connectivity index is 1.32. The smallest absolute Gasteiger partial charge is 0.391 e. The Morgan fingerprint density at radius 1 is 0.969 bits per heavy atom. The summed E-state index contributed by atoms with van der Waals surface area (Å²) in [4.78, 5) is 14.0. The fourth-order valence-corrected chi connectivity index (χ4v) is 4.90.